The lowest BCUT2D eigenvalue weighted by Crippen LogP contribution is -2.48. The van der Waals surface area contributed by atoms with Gasteiger partial charge in [0.15, 0.2) is 0 Å². The van der Waals surface area contributed by atoms with Crippen molar-refractivity contribution in [1.29, 1.82) is 0 Å². The van der Waals surface area contributed by atoms with Crippen molar-refractivity contribution in [1.82, 2.24) is 4.90 Å². The minimum atomic E-state index is -0.364. The first kappa shape index (κ1) is 12.9. The van der Waals surface area contributed by atoms with Crippen molar-refractivity contribution in [2.45, 2.75) is 12.4 Å². The van der Waals surface area contributed by atoms with Crippen LogP contribution in [-0.2, 0) is 0 Å². The van der Waals surface area contributed by atoms with Crippen LogP contribution in [0.1, 0.15) is 6.92 Å². The summed E-state index contributed by atoms with van der Waals surface area (Å²) in [6.07, 6.45) is 0. The second-order valence-corrected chi connectivity index (χ2v) is 5.18. The molecule has 1 fully saturated rings. The van der Waals surface area contributed by atoms with E-state index in [1.54, 1.807) is 6.07 Å². The molecule has 2 rings (SSSR count). The highest BCUT2D eigenvalue weighted by Crippen LogP contribution is 2.29. The Morgan fingerprint density at radius 1 is 1.24 bits per heavy atom. The molecule has 0 bridgehead atoms. The molecule has 0 amide bonds. The molecule has 94 valence electrons. The summed E-state index contributed by atoms with van der Waals surface area (Å²) in [6.45, 7) is 5.35. The summed E-state index contributed by atoms with van der Waals surface area (Å²) in [7, 11) is 0. The molecular weight excluding hydrogens is 262 g/mol. The molecule has 0 aliphatic carbocycles. The van der Waals surface area contributed by atoms with Crippen LogP contribution in [0, 0.1) is 5.82 Å². The van der Waals surface area contributed by atoms with Gasteiger partial charge in [-0.1, -0.05) is 17.7 Å². The van der Waals surface area contributed by atoms with Crippen LogP contribution in [0.3, 0.4) is 0 Å². The highest BCUT2D eigenvalue weighted by atomic mass is 35.5. The molecule has 0 saturated carbocycles. The van der Waals surface area contributed by atoms with Gasteiger partial charge in [-0.25, -0.2) is 4.39 Å². The Balaban J connectivity index is 2.08. The van der Waals surface area contributed by atoms with E-state index in [9.17, 15) is 4.39 Å². The summed E-state index contributed by atoms with van der Waals surface area (Å²) in [5.74, 6) is -0.364. The number of hydrogen-bond donors (Lipinski definition) is 0. The lowest BCUT2D eigenvalue weighted by atomic mass is 10.2. The van der Waals surface area contributed by atoms with Crippen LogP contribution in [0.2, 0.25) is 5.02 Å². The van der Waals surface area contributed by atoms with Gasteiger partial charge in [-0.2, -0.15) is 0 Å². The third-order valence-electron chi connectivity index (χ3n) is 3.09. The fraction of sp³-hybridized carbons (Fsp3) is 0.500. The Morgan fingerprint density at radius 2 is 1.88 bits per heavy atom. The topological polar surface area (TPSA) is 6.48 Å². The van der Waals surface area contributed by atoms with Gasteiger partial charge in [0.05, 0.1) is 16.2 Å². The molecular formula is C12H15Cl2FN2. The van der Waals surface area contributed by atoms with Crippen LogP contribution < -0.4 is 4.90 Å². The molecule has 1 saturated heterocycles. The van der Waals surface area contributed by atoms with Gasteiger partial charge in [-0.3, -0.25) is 4.90 Å². The fourth-order valence-corrected chi connectivity index (χ4v) is 2.50. The van der Waals surface area contributed by atoms with Crippen molar-refractivity contribution in [3.05, 3.63) is 29.0 Å². The van der Waals surface area contributed by atoms with E-state index < -0.39 is 0 Å². The lowest BCUT2D eigenvalue weighted by Gasteiger charge is -2.37. The maximum absolute atomic E-state index is 13.3. The zero-order chi connectivity index (χ0) is 12.4. The molecule has 1 atom stereocenters. The molecule has 2 nitrogen and oxygen atoms in total. The number of nitrogens with zero attached hydrogens (tertiary/aromatic N) is 2. The molecule has 1 aliphatic rings. The maximum Gasteiger partial charge on any atom is 0.143 e. The maximum atomic E-state index is 13.3. The van der Waals surface area contributed by atoms with Crippen molar-refractivity contribution < 1.29 is 4.39 Å². The molecule has 1 heterocycles. The number of halogens is 3. The molecule has 1 unspecified atom stereocenters. The molecule has 0 radical (unpaired) electrons. The molecule has 1 aromatic carbocycles. The summed E-state index contributed by atoms with van der Waals surface area (Å²) in [5, 5.41) is 0.208. The highest BCUT2D eigenvalue weighted by molar-refractivity contribution is 6.33. The van der Waals surface area contributed by atoms with E-state index in [4.69, 9.17) is 23.2 Å². The normalized spacial score (nSPS) is 19.4. The molecule has 1 aromatic rings. The second kappa shape index (κ2) is 5.42. The molecule has 5 heteroatoms. The molecule has 0 aromatic heterocycles. The van der Waals surface area contributed by atoms with Crippen LogP contribution in [0.25, 0.3) is 0 Å². The van der Waals surface area contributed by atoms with Gasteiger partial charge in [-0.15, -0.1) is 11.6 Å². The van der Waals surface area contributed by atoms with Gasteiger partial charge in [0.25, 0.3) is 0 Å². The monoisotopic (exact) mass is 276 g/mol. The SMILES string of the molecule is CC(Cl)N1CCN(c2cccc(F)c2Cl)CC1. The number of rotatable bonds is 2. The Bertz CT molecular complexity index is 390. The van der Waals surface area contributed by atoms with Gasteiger partial charge < -0.3 is 4.90 Å². The predicted molar refractivity (Wildman–Crippen MR) is 70.5 cm³/mol. The van der Waals surface area contributed by atoms with Crippen molar-refractivity contribution in [3.63, 3.8) is 0 Å². The Hall–Kier alpha value is -0.510. The van der Waals surface area contributed by atoms with E-state index in [1.807, 2.05) is 13.0 Å². The molecule has 0 N–H and O–H groups in total. The predicted octanol–water partition coefficient (Wildman–Crippen LogP) is 3.19. The van der Waals surface area contributed by atoms with Gasteiger partial charge in [0.1, 0.15) is 5.82 Å². The van der Waals surface area contributed by atoms with Crippen LogP contribution in [0.15, 0.2) is 18.2 Å². The van der Waals surface area contributed by atoms with Crippen LogP contribution in [0.5, 0.6) is 0 Å². The number of benzene rings is 1. The lowest BCUT2D eigenvalue weighted by molar-refractivity contribution is 0.247. The zero-order valence-electron chi connectivity index (χ0n) is 9.67. The van der Waals surface area contributed by atoms with E-state index >= 15 is 0 Å². The average Bonchev–Trinajstić information content (AvgIpc) is 2.33. The highest BCUT2D eigenvalue weighted by Gasteiger charge is 2.21. The summed E-state index contributed by atoms with van der Waals surface area (Å²) >= 11 is 12.0. The van der Waals surface area contributed by atoms with Gasteiger partial charge in [-0.05, 0) is 19.1 Å². The first-order valence-electron chi connectivity index (χ1n) is 5.66. The zero-order valence-corrected chi connectivity index (χ0v) is 11.2. The average molecular weight is 277 g/mol. The Kier molecular flexibility index (Phi) is 4.13. The summed E-state index contributed by atoms with van der Waals surface area (Å²) < 4.78 is 13.3. The summed E-state index contributed by atoms with van der Waals surface area (Å²) in [5.41, 5.74) is 0.814. The van der Waals surface area contributed by atoms with E-state index in [-0.39, 0.29) is 16.3 Å². The van der Waals surface area contributed by atoms with Gasteiger partial charge >= 0.3 is 0 Å². The number of alkyl halides is 1. The van der Waals surface area contributed by atoms with E-state index in [0.29, 0.717) is 0 Å². The quantitative estimate of drug-likeness (QED) is 0.605. The van der Waals surface area contributed by atoms with Crippen LogP contribution in [-0.4, -0.2) is 36.6 Å². The van der Waals surface area contributed by atoms with E-state index in [0.717, 1.165) is 31.9 Å². The van der Waals surface area contributed by atoms with Crippen molar-refractivity contribution >= 4 is 28.9 Å². The third kappa shape index (κ3) is 2.84. The first-order valence-corrected chi connectivity index (χ1v) is 6.48. The van der Waals surface area contributed by atoms with E-state index in [2.05, 4.69) is 9.80 Å². The van der Waals surface area contributed by atoms with Crippen molar-refractivity contribution in [2.75, 3.05) is 31.1 Å². The molecule has 1 aliphatic heterocycles. The minimum Gasteiger partial charge on any atom is -0.368 e. The van der Waals surface area contributed by atoms with Crippen LogP contribution >= 0.6 is 23.2 Å². The van der Waals surface area contributed by atoms with Crippen molar-refractivity contribution in [2.24, 2.45) is 0 Å². The molecule has 17 heavy (non-hydrogen) atoms. The Labute approximate surface area is 111 Å². The number of hydrogen-bond acceptors (Lipinski definition) is 2. The summed E-state index contributed by atoms with van der Waals surface area (Å²) in [4.78, 5) is 4.28. The second-order valence-electron chi connectivity index (χ2n) is 4.17. The molecule has 0 spiro atoms. The first-order chi connectivity index (χ1) is 8.09. The van der Waals surface area contributed by atoms with E-state index in [1.165, 1.54) is 6.07 Å². The standard InChI is InChI=1S/C12H15Cl2FN2/c1-9(13)16-5-7-17(8-6-16)11-4-2-3-10(15)12(11)14/h2-4,9H,5-8H2,1H3. The largest absolute Gasteiger partial charge is 0.368 e. The van der Waals surface area contributed by atoms with Gasteiger partial charge in [0, 0.05) is 26.2 Å². The summed E-state index contributed by atoms with van der Waals surface area (Å²) in [6, 6.07) is 4.92. The number of piperazine rings is 1. The minimum absolute atomic E-state index is 0.0418. The Morgan fingerprint density at radius 3 is 2.47 bits per heavy atom. The van der Waals surface area contributed by atoms with Crippen molar-refractivity contribution in [3.8, 4) is 0 Å². The van der Waals surface area contributed by atoms with Crippen LogP contribution in [0.4, 0.5) is 10.1 Å². The smallest absolute Gasteiger partial charge is 0.143 e. The number of anilines is 1. The third-order valence-corrected chi connectivity index (χ3v) is 3.74. The fourth-order valence-electron chi connectivity index (χ4n) is 2.06. The van der Waals surface area contributed by atoms with Gasteiger partial charge in [0.2, 0.25) is 0 Å².